The number of anilines is 1. The highest BCUT2D eigenvalue weighted by molar-refractivity contribution is 9.10. The molecule has 0 saturated carbocycles. The summed E-state index contributed by atoms with van der Waals surface area (Å²) in [6.07, 6.45) is 7.15. The summed E-state index contributed by atoms with van der Waals surface area (Å²) < 4.78 is 8.48. The summed E-state index contributed by atoms with van der Waals surface area (Å²) in [5, 5.41) is 7.14. The van der Waals surface area contributed by atoms with Crippen LogP contribution in [-0.4, -0.2) is 28.4 Å². The van der Waals surface area contributed by atoms with Crippen molar-refractivity contribution < 1.29 is 9.53 Å². The molecule has 6 heteroatoms. The monoisotopic (exact) mass is 363 g/mol. The fourth-order valence-electron chi connectivity index (χ4n) is 2.49. The molecule has 0 bridgehead atoms. The van der Waals surface area contributed by atoms with Crippen LogP contribution in [0.15, 0.2) is 41.1 Å². The van der Waals surface area contributed by atoms with Crippen LogP contribution in [-0.2, 0) is 11.3 Å². The van der Waals surface area contributed by atoms with E-state index in [-0.39, 0.29) is 12.0 Å². The largest absolute Gasteiger partial charge is 0.376 e. The van der Waals surface area contributed by atoms with E-state index in [1.165, 1.54) is 6.42 Å². The Morgan fingerprint density at radius 1 is 1.36 bits per heavy atom. The number of ether oxygens (including phenoxy) is 1. The second-order valence-electron chi connectivity index (χ2n) is 5.40. The molecule has 116 valence electrons. The zero-order valence-electron chi connectivity index (χ0n) is 12.2. The number of halogens is 1. The number of carbonyl (C=O) groups excluding carboxylic acids is 1. The van der Waals surface area contributed by atoms with Gasteiger partial charge in [0, 0.05) is 22.8 Å². The van der Waals surface area contributed by atoms with Crippen LogP contribution < -0.4 is 5.32 Å². The Hall–Kier alpha value is -1.66. The van der Waals surface area contributed by atoms with E-state index < -0.39 is 0 Å². The van der Waals surface area contributed by atoms with E-state index in [1.54, 1.807) is 18.3 Å². The lowest BCUT2D eigenvalue weighted by molar-refractivity contribution is 0.00401. The first-order chi connectivity index (χ1) is 10.7. The minimum Gasteiger partial charge on any atom is -0.376 e. The molecule has 1 aromatic carbocycles. The summed E-state index contributed by atoms with van der Waals surface area (Å²) in [5.74, 6) is -0.138. The molecular formula is C16H18BrN3O2. The van der Waals surface area contributed by atoms with Gasteiger partial charge in [0.2, 0.25) is 0 Å². The molecule has 22 heavy (non-hydrogen) atoms. The molecular weight excluding hydrogens is 346 g/mol. The van der Waals surface area contributed by atoms with Gasteiger partial charge in [-0.05, 0) is 43.5 Å². The first-order valence-electron chi connectivity index (χ1n) is 7.42. The van der Waals surface area contributed by atoms with Crippen LogP contribution in [0, 0.1) is 0 Å². The van der Waals surface area contributed by atoms with Gasteiger partial charge in [0.05, 0.1) is 24.5 Å². The van der Waals surface area contributed by atoms with Gasteiger partial charge in [0.25, 0.3) is 5.91 Å². The highest BCUT2D eigenvalue weighted by Gasteiger charge is 2.15. The van der Waals surface area contributed by atoms with Gasteiger partial charge < -0.3 is 10.1 Å². The van der Waals surface area contributed by atoms with Crippen molar-refractivity contribution in [2.45, 2.75) is 31.9 Å². The minimum atomic E-state index is -0.138. The number of amides is 1. The molecule has 1 aliphatic rings. The molecule has 0 spiro atoms. The SMILES string of the molecule is O=C(Nc1cnn(CC2CCCCO2)c1)c1ccc(Br)cc1. The van der Waals surface area contributed by atoms with Gasteiger partial charge in [-0.25, -0.2) is 0 Å². The topological polar surface area (TPSA) is 56.2 Å². The zero-order chi connectivity index (χ0) is 15.4. The second kappa shape index (κ2) is 7.07. The number of rotatable bonds is 4. The third-order valence-corrected chi connectivity index (χ3v) is 4.19. The van der Waals surface area contributed by atoms with Crippen molar-refractivity contribution in [1.29, 1.82) is 0 Å². The molecule has 0 aliphatic carbocycles. The van der Waals surface area contributed by atoms with Crippen molar-refractivity contribution in [3.63, 3.8) is 0 Å². The maximum absolute atomic E-state index is 12.1. The first-order valence-corrected chi connectivity index (χ1v) is 8.21. The maximum atomic E-state index is 12.1. The lowest BCUT2D eigenvalue weighted by Crippen LogP contribution is -2.24. The molecule has 3 rings (SSSR count). The average molecular weight is 364 g/mol. The average Bonchev–Trinajstić information content (AvgIpc) is 2.96. The number of aromatic nitrogens is 2. The summed E-state index contributed by atoms with van der Waals surface area (Å²) in [6, 6.07) is 7.25. The molecule has 1 amide bonds. The van der Waals surface area contributed by atoms with Crippen LogP contribution >= 0.6 is 15.9 Å². The normalized spacial score (nSPS) is 18.1. The van der Waals surface area contributed by atoms with Crippen molar-refractivity contribution in [2.24, 2.45) is 0 Å². The fourth-order valence-corrected chi connectivity index (χ4v) is 2.76. The number of carbonyl (C=O) groups is 1. The Kier molecular flexibility index (Phi) is 4.90. The standard InChI is InChI=1S/C16H18BrN3O2/c17-13-6-4-12(5-7-13)16(21)19-14-9-18-20(10-14)11-15-3-1-2-8-22-15/h4-7,9-10,15H,1-3,8,11H2,(H,19,21). The van der Waals surface area contributed by atoms with Crippen LogP contribution in [0.5, 0.6) is 0 Å². The van der Waals surface area contributed by atoms with E-state index in [9.17, 15) is 4.79 Å². The van der Waals surface area contributed by atoms with E-state index in [4.69, 9.17) is 4.74 Å². The molecule has 1 atom stereocenters. The third kappa shape index (κ3) is 3.96. The van der Waals surface area contributed by atoms with Gasteiger partial charge in [-0.2, -0.15) is 5.10 Å². The molecule has 1 saturated heterocycles. The highest BCUT2D eigenvalue weighted by Crippen LogP contribution is 2.16. The van der Waals surface area contributed by atoms with Gasteiger partial charge >= 0.3 is 0 Å². The number of benzene rings is 1. The Morgan fingerprint density at radius 2 is 2.18 bits per heavy atom. The van der Waals surface area contributed by atoms with Crippen LogP contribution in [0.2, 0.25) is 0 Å². The fraction of sp³-hybridized carbons (Fsp3) is 0.375. The smallest absolute Gasteiger partial charge is 0.255 e. The second-order valence-corrected chi connectivity index (χ2v) is 6.32. The molecule has 0 radical (unpaired) electrons. The summed E-state index contributed by atoms with van der Waals surface area (Å²) in [5.41, 5.74) is 1.32. The molecule has 2 aromatic rings. The Balaban J connectivity index is 1.58. The van der Waals surface area contributed by atoms with Gasteiger partial charge in [0.15, 0.2) is 0 Å². The zero-order valence-corrected chi connectivity index (χ0v) is 13.8. The molecule has 1 aromatic heterocycles. The lowest BCUT2D eigenvalue weighted by Gasteiger charge is -2.22. The van der Waals surface area contributed by atoms with Crippen molar-refractivity contribution in [3.05, 3.63) is 46.7 Å². The van der Waals surface area contributed by atoms with E-state index in [0.29, 0.717) is 11.3 Å². The van der Waals surface area contributed by atoms with Gasteiger partial charge in [-0.1, -0.05) is 15.9 Å². The van der Waals surface area contributed by atoms with Crippen molar-refractivity contribution in [3.8, 4) is 0 Å². The predicted molar refractivity (Wildman–Crippen MR) is 87.9 cm³/mol. The van der Waals surface area contributed by atoms with Crippen molar-refractivity contribution >= 4 is 27.5 Å². The van der Waals surface area contributed by atoms with E-state index >= 15 is 0 Å². The summed E-state index contributed by atoms with van der Waals surface area (Å²) in [6.45, 7) is 1.56. The first kappa shape index (κ1) is 15.2. The van der Waals surface area contributed by atoms with Gasteiger partial charge in [0.1, 0.15) is 0 Å². The number of nitrogens with one attached hydrogen (secondary N) is 1. The molecule has 1 aliphatic heterocycles. The molecule has 1 fully saturated rings. The van der Waals surface area contributed by atoms with E-state index in [2.05, 4.69) is 26.3 Å². The van der Waals surface area contributed by atoms with E-state index in [1.807, 2.05) is 23.0 Å². The van der Waals surface area contributed by atoms with Gasteiger partial charge in [-0.15, -0.1) is 0 Å². The number of hydrogen-bond acceptors (Lipinski definition) is 3. The number of nitrogens with zero attached hydrogens (tertiary/aromatic N) is 2. The van der Waals surface area contributed by atoms with Gasteiger partial charge in [-0.3, -0.25) is 9.48 Å². The third-order valence-electron chi connectivity index (χ3n) is 3.66. The molecule has 5 nitrogen and oxygen atoms in total. The Bertz CT molecular complexity index is 633. The summed E-state index contributed by atoms with van der Waals surface area (Å²) in [4.78, 5) is 12.1. The highest BCUT2D eigenvalue weighted by atomic mass is 79.9. The quantitative estimate of drug-likeness (QED) is 0.904. The lowest BCUT2D eigenvalue weighted by atomic mass is 10.1. The maximum Gasteiger partial charge on any atom is 0.255 e. The predicted octanol–water partition coefficient (Wildman–Crippen LogP) is 3.47. The molecule has 1 unspecified atom stereocenters. The van der Waals surface area contributed by atoms with Crippen molar-refractivity contribution in [2.75, 3.05) is 11.9 Å². The number of hydrogen-bond donors (Lipinski definition) is 1. The Labute approximate surface area is 137 Å². The molecule has 2 heterocycles. The molecule has 1 N–H and O–H groups in total. The summed E-state index contributed by atoms with van der Waals surface area (Å²) in [7, 11) is 0. The Morgan fingerprint density at radius 3 is 2.91 bits per heavy atom. The minimum absolute atomic E-state index is 0.138. The van der Waals surface area contributed by atoms with Crippen molar-refractivity contribution in [1.82, 2.24) is 9.78 Å². The van der Waals surface area contributed by atoms with Crippen LogP contribution in [0.4, 0.5) is 5.69 Å². The van der Waals surface area contributed by atoms with Crippen LogP contribution in [0.3, 0.4) is 0 Å². The van der Waals surface area contributed by atoms with Crippen LogP contribution in [0.1, 0.15) is 29.6 Å². The summed E-state index contributed by atoms with van der Waals surface area (Å²) >= 11 is 3.35. The van der Waals surface area contributed by atoms with E-state index in [0.717, 1.165) is 30.5 Å². The van der Waals surface area contributed by atoms with Crippen LogP contribution in [0.25, 0.3) is 0 Å².